The number of rotatable bonds is 2. The van der Waals surface area contributed by atoms with Gasteiger partial charge in [-0.2, -0.15) is 5.10 Å². The van der Waals surface area contributed by atoms with Crippen LogP contribution in [0.15, 0.2) is 47.6 Å². The molecule has 0 radical (unpaired) electrons. The van der Waals surface area contributed by atoms with Crippen LogP contribution in [0.4, 0.5) is 4.39 Å². The molecule has 24 heavy (non-hydrogen) atoms. The molecule has 2 aliphatic heterocycles. The van der Waals surface area contributed by atoms with Crippen molar-refractivity contribution in [2.75, 3.05) is 6.79 Å². The van der Waals surface area contributed by atoms with Crippen LogP contribution in [0.2, 0.25) is 0 Å². The summed E-state index contributed by atoms with van der Waals surface area (Å²) in [6.45, 7) is 2.34. The van der Waals surface area contributed by atoms with Gasteiger partial charge < -0.3 is 14.9 Å². The molecule has 2 aromatic rings. The van der Waals surface area contributed by atoms with E-state index in [9.17, 15) is 4.39 Å². The molecule has 2 aliphatic rings. The summed E-state index contributed by atoms with van der Waals surface area (Å²) in [6.07, 6.45) is 4.70. The van der Waals surface area contributed by atoms with Crippen molar-refractivity contribution in [1.29, 1.82) is 0 Å². The molecule has 0 spiro atoms. The van der Waals surface area contributed by atoms with Crippen LogP contribution in [0.1, 0.15) is 23.6 Å². The van der Waals surface area contributed by atoms with Crippen molar-refractivity contribution >= 4 is 11.8 Å². The molecule has 2 heterocycles. The Balaban J connectivity index is 1.71. The molecule has 0 amide bonds. The number of hydrazone groups is 1. The standard InChI is InChI=1S/C19H17FN2O2/c1-12-8-14-9-18-19(24-11-23-18)10-16(14)17(22-21-12)7-4-13-2-5-15(20)6-3-13/h2-7,9-10,12,21H,8,11H2,1H3/b7-4+. The van der Waals surface area contributed by atoms with Crippen molar-refractivity contribution in [3.8, 4) is 11.5 Å². The second kappa shape index (κ2) is 6.00. The maximum absolute atomic E-state index is 13.0. The van der Waals surface area contributed by atoms with Crippen LogP contribution in [0.5, 0.6) is 11.5 Å². The molecular formula is C19H17FN2O2. The highest BCUT2D eigenvalue weighted by Crippen LogP contribution is 2.36. The van der Waals surface area contributed by atoms with Crippen molar-refractivity contribution < 1.29 is 13.9 Å². The van der Waals surface area contributed by atoms with E-state index >= 15 is 0 Å². The van der Waals surface area contributed by atoms with Crippen LogP contribution < -0.4 is 14.9 Å². The molecule has 1 N–H and O–H groups in total. The lowest BCUT2D eigenvalue weighted by Crippen LogP contribution is -2.21. The number of hydrogen-bond acceptors (Lipinski definition) is 4. The number of halogens is 1. The van der Waals surface area contributed by atoms with E-state index in [1.807, 2.05) is 24.3 Å². The predicted octanol–water partition coefficient (Wildman–Crippen LogP) is 3.51. The molecule has 0 aliphatic carbocycles. The average Bonchev–Trinajstić information content (AvgIpc) is 2.97. The summed E-state index contributed by atoms with van der Waals surface area (Å²) in [5, 5.41) is 4.51. The quantitative estimate of drug-likeness (QED) is 0.919. The zero-order chi connectivity index (χ0) is 16.5. The smallest absolute Gasteiger partial charge is 0.231 e. The molecule has 1 atom stereocenters. The van der Waals surface area contributed by atoms with Gasteiger partial charge in [0.2, 0.25) is 6.79 Å². The first kappa shape index (κ1) is 14.8. The van der Waals surface area contributed by atoms with Crippen molar-refractivity contribution in [1.82, 2.24) is 5.43 Å². The fourth-order valence-corrected chi connectivity index (χ4v) is 2.88. The highest BCUT2D eigenvalue weighted by molar-refractivity contribution is 6.12. The Morgan fingerprint density at radius 3 is 2.67 bits per heavy atom. The number of fused-ring (bicyclic) bond motifs is 2. The normalized spacial score (nSPS) is 18.8. The minimum Gasteiger partial charge on any atom is -0.454 e. The summed E-state index contributed by atoms with van der Waals surface area (Å²) in [7, 11) is 0. The largest absolute Gasteiger partial charge is 0.454 e. The first-order valence-electron chi connectivity index (χ1n) is 7.89. The molecule has 0 bridgehead atoms. The topological polar surface area (TPSA) is 42.9 Å². The first-order chi connectivity index (χ1) is 11.7. The van der Waals surface area contributed by atoms with Crippen molar-refractivity contribution in [3.63, 3.8) is 0 Å². The summed E-state index contributed by atoms with van der Waals surface area (Å²) in [5.74, 6) is 1.28. The van der Waals surface area contributed by atoms with Gasteiger partial charge in [0.1, 0.15) is 5.82 Å². The predicted molar refractivity (Wildman–Crippen MR) is 90.8 cm³/mol. The molecule has 0 saturated heterocycles. The highest BCUT2D eigenvalue weighted by Gasteiger charge is 2.22. The third kappa shape index (κ3) is 2.85. The Morgan fingerprint density at radius 1 is 1.12 bits per heavy atom. The van der Waals surface area contributed by atoms with Gasteiger partial charge in [-0.3, -0.25) is 0 Å². The maximum atomic E-state index is 13.0. The fraction of sp³-hybridized carbons (Fsp3) is 0.211. The van der Waals surface area contributed by atoms with Gasteiger partial charge in [-0.05, 0) is 54.8 Å². The van der Waals surface area contributed by atoms with E-state index in [0.717, 1.165) is 34.8 Å². The van der Waals surface area contributed by atoms with Gasteiger partial charge in [-0.1, -0.05) is 18.2 Å². The zero-order valence-corrected chi connectivity index (χ0v) is 13.3. The number of allylic oxidation sites excluding steroid dienone is 1. The summed E-state index contributed by atoms with van der Waals surface area (Å²) in [6, 6.07) is 10.6. The lowest BCUT2D eigenvalue weighted by atomic mass is 9.97. The van der Waals surface area contributed by atoms with Crippen LogP contribution >= 0.6 is 0 Å². The summed E-state index contributed by atoms with van der Waals surface area (Å²) >= 11 is 0. The number of ether oxygens (including phenoxy) is 2. The summed E-state index contributed by atoms with van der Waals surface area (Å²) in [4.78, 5) is 0. The van der Waals surface area contributed by atoms with Gasteiger partial charge in [0.05, 0.1) is 5.71 Å². The lowest BCUT2D eigenvalue weighted by molar-refractivity contribution is 0.174. The molecular weight excluding hydrogens is 307 g/mol. The molecule has 0 aromatic heterocycles. The fourth-order valence-electron chi connectivity index (χ4n) is 2.88. The van der Waals surface area contributed by atoms with Gasteiger partial charge in [-0.25, -0.2) is 4.39 Å². The van der Waals surface area contributed by atoms with Crippen LogP contribution in [0.25, 0.3) is 6.08 Å². The second-order valence-corrected chi connectivity index (χ2v) is 5.98. The van der Waals surface area contributed by atoms with E-state index < -0.39 is 0 Å². The molecule has 122 valence electrons. The van der Waals surface area contributed by atoms with Gasteiger partial charge in [0.15, 0.2) is 11.5 Å². The molecule has 4 rings (SSSR count). The van der Waals surface area contributed by atoms with Crippen LogP contribution in [-0.2, 0) is 6.42 Å². The van der Waals surface area contributed by atoms with Crippen LogP contribution in [-0.4, -0.2) is 18.5 Å². The zero-order valence-electron chi connectivity index (χ0n) is 13.3. The Kier molecular flexibility index (Phi) is 3.69. The van der Waals surface area contributed by atoms with Crippen molar-refractivity contribution in [2.45, 2.75) is 19.4 Å². The van der Waals surface area contributed by atoms with E-state index in [4.69, 9.17) is 9.47 Å². The number of nitrogens with one attached hydrogen (secondary N) is 1. The molecule has 0 saturated carbocycles. The Morgan fingerprint density at radius 2 is 1.88 bits per heavy atom. The Bertz CT molecular complexity index is 828. The van der Waals surface area contributed by atoms with Crippen molar-refractivity contribution in [2.24, 2.45) is 5.10 Å². The van der Waals surface area contributed by atoms with Gasteiger partial charge in [-0.15, -0.1) is 0 Å². The number of nitrogens with zero attached hydrogens (tertiary/aromatic N) is 1. The number of hydrogen-bond donors (Lipinski definition) is 1. The Hall–Kier alpha value is -2.82. The lowest BCUT2D eigenvalue weighted by Gasteiger charge is -2.10. The first-order valence-corrected chi connectivity index (χ1v) is 7.89. The molecule has 2 aromatic carbocycles. The monoisotopic (exact) mass is 324 g/mol. The number of benzene rings is 2. The van der Waals surface area contributed by atoms with Crippen molar-refractivity contribution in [3.05, 3.63) is 65.0 Å². The third-order valence-electron chi connectivity index (χ3n) is 4.11. The average molecular weight is 324 g/mol. The maximum Gasteiger partial charge on any atom is 0.231 e. The highest BCUT2D eigenvalue weighted by atomic mass is 19.1. The Labute approximate surface area is 139 Å². The minimum absolute atomic E-state index is 0.223. The molecule has 0 fully saturated rings. The van der Waals surface area contributed by atoms with Gasteiger partial charge in [0.25, 0.3) is 0 Å². The van der Waals surface area contributed by atoms with Crippen LogP contribution in [0.3, 0.4) is 0 Å². The van der Waals surface area contributed by atoms with Gasteiger partial charge >= 0.3 is 0 Å². The van der Waals surface area contributed by atoms with E-state index in [-0.39, 0.29) is 18.7 Å². The van der Waals surface area contributed by atoms with E-state index in [2.05, 4.69) is 17.5 Å². The van der Waals surface area contributed by atoms with E-state index in [1.165, 1.54) is 17.7 Å². The second-order valence-electron chi connectivity index (χ2n) is 5.98. The summed E-state index contributed by atoms with van der Waals surface area (Å²) in [5.41, 5.74) is 7.08. The van der Waals surface area contributed by atoms with E-state index in [0.29, 0.717) is 0 Å². The third-order valence-corrected chi connectivity index (χ3v) is 4.11. The van der Waals surface area contributed by atoms with Gasteiger partial charge in [0, 0.05) is 11.6 Å². The van der Waals surface area contributed by atoms with E-state index in [1.54, 1.807) is 12.1 Å². The summed E-state index contributed by atoms with van der Waals surface area (Å²) < 4.78 is 24.0. The molecule has 1 unspecified atom stereocenters. The van der Waals surface area contributed by atoms with Crippen LogP contribution in [0, 0.1) is 5.82 Å². The minimum atomic E-state index is -0.243. The molecule has 5 heteroatoms. The molecule has 4 nitrogen and oxygen atoms in total. The SMILES string of the molecule is CC1Cc2cc3c(cc2C(/C=C/c2ccc(F)cc2)=NN1)OCO3.